The number of halogens is 2. The SMILES string of the molecule is CCN(CC)c1ccc2cc(C(=O)NC[C@](O)(Cn3cncn3)c3ccc(F)cc3F)c(=O)oc2c1. The quantitative estimate of drug-likeness (QED) is 0.342. The van der Waals surface area contributed by atoms with Crippen LogP contribution in [0.5, 0.6) is 0 Å². The molecule has 0 unspecified atom stereocenters. The van der Waals surface area contributed by atoms with E-state index in [1.165, 1.54) is 23.4 Å². The van der Waals surface area contributed by atoms with Gasteiger partial charge in [-0.15, -0.1) is 0 Å². The Hall–Kier alpha value is -4.12. The Balaban J connectivity index is 1.61. The second kappa shape index (κ2) is 10.2. The highest BCUT2D eigenvalue weighted by Gasteiger charge is 2.34. The zero-order chi connectivity index (χ0) is 25.9. The Kier molecular flexibility index (Phi) is 7.11. The lowest BCUT2D eigenvalue weighted by atomic mass is 9.92. The van der Waals surface area contributed by atoms with Crippen LogP contribution in [-0.2, 0) is 12.1 Å². The third-order valence-corrected chi connectivity index (χ3v) is 5.96. The van der Waals surface area contributed by atoms with Gasteiger partial charge in [0.2, 0.25) is 0 Å². The van der Waals surface area contributed by atoms with E-state index >= 15 is 0 Å². The van der Waals surface area contributed by atoms with Gasteiger partial charge in [-0.05, 0) is 38.1 Å². The summed E-state index contributed by atoms with van der Waals surface area (Å²) in [5, 5.41) is 18.2. The van der Waals surface area contributed by atoms with Crippen LogP contribution >= 0.6 is 0 Å². The second-order valence-electron chi connectivity index (χ2n) is 8.27. The molecule has 188 valence electrons. The molecule has 4 rings (SSSR count). The fraction of sp³-hybridized carbons (Fsp3) is 0.280. The van der Waals surface area contributed by atoms with E-state index in [1.54, 1.807) is 12.1 Å². The van der Waals surface area contributed by atoms with Crippen LogP contribution in [0.4, 0.5) is 14.5 Å². The lowest BCUT2D eigenvalue weighted by Crippen LogP contribution is -2.45. The van der Waals surface area contributed by atoms with E-state index in [4.69, 9.17) is 4.42 Å². The van der Waals surface area contributed by atoms with Gasteiger partial charge in [0.25, 0.3) is 5.91 Å². The first-order valence-electron chi connectivity index (χ1n) is 11.4. The Labute approximate surface area is 205 Å². The highest BCUT2D eigenvalue weighted by molar-refractivity contribution is 5.97. The lowest BCUT2D eigenvalue weighted by Gasteiger charge is -2.29. The van der Waals surface area contributed by atoms with Gasteiger partial charge in [-0.1, -0.05) is 6.07 Å². The standard InChI is InChI=1S/C25H25F2N5O4/c1-3-31(4-2)18-7-5-16-9-19(24(34)36-22(16)11-18)23(33)29-12-25(35,13-32-15-28-14-30-32)20-8-6-17(26)10-21(20)27/h5-11,14-15,35H,3-4,12-13H2,1-2H3,(H,29,33)/t25-/m0/s1. The van der Waals surface area contributed by atoms with Crippen molar-refractivity contribution in [2.24, 2.45) is 0 Å². The molecule has 36 heavy (non-hydrogen) atoms. The molecule has 1 amide bonds. The Morgan fingerprint density at radius 3 is 2.61 bits per heavy atom. The van der Waals surface area contributed by atoms with Gasteiger partial charge in [-0.2, -0.15) is 5.10 Å². The first-order chi connectivity index (χ1) is 17.2. The maximum atomic E-state index is 14.6. The maximum absolute atomic E-state index is 14.6. The van der Waals surface area contributed by atoms with E-state index in [1.807, 2.05) is 19.9 Å². The molecule has 0 aliphatic carbocycles. The number of anilines is 1. The highest BCUT2D eigenvalue weighted by atomic mass is 19.1. The van der Waals surface area contributed by atoms with Crippen LogP contribution in [0.3, 0.4) is 0 Å². The van der Waals surface area contributed by atoms with Crippen molar-refractivity contribution in [1.29, 1.82) is 0 Å². The molecule has 0 aliphatic rings. The number of fused-ring (bicyclic) bond motifs is 1. The van der Waals surface area contributed by atoms with Crippen LogP contribution in [0.15, 0.2) is 64.3 Å². The number of nitrogens with one attached hydrogen (secondary N) is 1. The molecular formula is C25H25F2N5O4. The minimum atomic E-state index is -2.03. The first-order valence-corrected chi connectivity index (χ1v) is 11.4. The smallest absolute Gasteiger partial charge is 0.349 e. The Bertz CT molecular complexity index is 1440. The number of carbonyl (C=O) groups is 1. The number of aliphatic hydroxyl groups is 1. The van der Waals surface area contributed by atoms with E-state index in [0.29, 0.717) is 17.0 Å². The third kappa shape index (κ3) is 5.10. The zero-order valence-electron chi connectivity index (χ0n) is 19.7. The van der Waals surface area contributed by atoms with Gasteiger partial charge >= 0.3 is 5.63 Å². The van der Waals surface area contributed by atoms with Crippen molar-refractivity contribution < 1.29 is 23.1 Å². The number of hydrogen-bond donors (Lipinski definition) is 2. The number of nitrogens with zero attached hydrogens (tertiary/aromatic N) is 4. The average molecular weight is 498 g/mol. The molecule has 2 aromatic heterocycles. The Morgan fingerprint density at radius 2 is 1.94 bits per heavy atom. The van der Waals surface area contributed by atoms with Crippen molar-refractivity contribution in [2.75, 3.05) is 24.5 Å². The Morgan fingerprint density at radius 1 is 1.17 bits per heavy atom. The molecule has 0 saturated heterocycles. The third-order valence-electron chi connectivity index (χ3n) is 5.96. The molecular weight excluding hydrogens is 472 g/mol. The predicted octanol–water partition coefficient (Wildman–Crippen LogP) is 2.83. The summed E-state index contributed by atoms with van der Waals surface area (Å²) in [5.74, 6) is -2.64. The summed E-state index contributed by atoms with van der Waals surface area (Å²) in [4.78, 5) is 31.4. The summed E-state index contributed by atoms with van der Waals surface area (Å²) < 4.78 is 34.7. The number of aromatic nitrogens is 3. The maximum Gasteiger partial charge on any atom is 0.349 e. The van der Waals surface area contributed by atoms with Crippen molar-refractivity contribution in [3.63, 3.8) is 0 Å². The van der Waals surface area contributed by atoms with E-state index < -0.39 is 35.3 Å². The van der Waals surface area contributed by atoms with Crippen molar-refractivity contribution in [1.82, 2.24) is 20.1 Å². The minimum Gasteiger partial charge on any atom is -0.422 e. The number of carbonyl (C=O) groups excluding carboxylic acids is 1. The van der Waals surface area contributed by atoms with Crippen LogP contribution in [-0.4, -0.2) is 45.4 Å². The number of benzene rings is 2. The molecule has 11 heteroatoms. The summed E-state index contributed by atoms with van der Waals surface area (Å²) in [7, 11) is 0. The van der Waals surface area contributed by atoms with Crippen LogP contribution in [0.1, 0.15) is 29.8 Å². The molecule has 4 aromatic rings. The number of hydrogen-bond acceptors (Lipinski definition) is 7. The van der Waals surface area contributed by atoms with Crippen LogP contribution in [0.2, 0.25) is 0 Å². The van der Waals surface area contributed by atoms with Gasteiger partial charge in [-0.3, -0.25) is 4.79 Å². The number of rotatable bonds is 9. The highest BCUT2D eigenvalue weighted by Crippen LogP contribution is 2.26. The zero-order valence-corrected chi connectivity index (χ0v) is 19.7. The molecule has 2 heterocycles. The summed E-state index contributed by atoms with van der Waals surface area (Å²) in [6.07, 6.45) is 2.53. The first kappa shape index (κ1) is 25.0. The summed E-state index contributed by atoms with van der Waals surface area (Å²) in [6.45, 7) is 4.78. The molecule has 1 atom stereocenters. The van der Waals surface area contributed by atoms with Crippen molar-refractivity contribution >= 4 is 22.6 Å². The second-order valence-corrected chi connectivity index (χ2v) is 8.27. The molecule has 0 radical (unpaired) electrons. The van der Waals surface area contributed by atoms with E-state index in [9.17, 15) is 23.5 Å². The largest absolute Gasteiger partial charge is 0.422 e. The summed E-state index contributed by atoms with van der Waals surface area (Å²) in [6, 6.07) is 9.47. The van der Waals surface area contributed by atoms with Crippen molar-refractivity contribution in [2.45, 2.75) is 26.0 Å². The van der Waals surface area contributed by atoms with Gasteiger partial charge in [-0.25, -0.2) is 23.2 Å². The molecule has 0 spiro atoms. The predicted molar refractivity (Wildman–Crippen MR) is 129 cm³/mol. The molecule has 0 fully saturated rings. The van der Waals surface area contributed by atoms with Crippen LogP contribution in [0, 0.1) is 11.6 Å². The van der Waals surface area contributed by atoms with Crippen LogP contribution in [0.25, 0.3) is 11.0 Å². The molecule has 9 nitrogen and oxygen atoms in total. The van der Waals surface area contributed by atoms with Crippen LogP contribution < -0.4 is 15.8 Å². The topological polar surface area (TPSA) is 113 Å². The fourth-order valence-electron chi connectivity index (χ4n) is 4.05. The van der Waals surface area contributed by atoms with Crippen molar-refractivity contribution in [3.05, 3.63) is 88.3 Å². The van der Waals surface area contributed by atoms with Gasteiger partial charge in [0, 0.05) is 41.9 Å². The van der Waals surface area contributed by atoms with Gasteiger partial charge < -0.3 is 19.7 Å². The van der Waals surface area contributed by atoms with E-state index in [-0.39, 0.29) is 17.7 Å². The minimum absolute atomic E-state index is 0.255. The summed E-state index contributed by atoms with van der Waals surface area (Å²) in [5.41, 5.74) is -2.21. The molecule has 2 N–H and O–H groups in total. The van der Waals surface area contributed by atoms with Gasteiger partial charge in [0.1, 0.15) is 41.0 Å². The average Bonchev–Trinajstić information content (AvgIpc) is 3.35. The van der Waals surface area contributed by atoms with Gasteiger partial charge in [0.15, 0.2) is 0 Å². The normalized spacial score (nSPS) is 12.9. The fourth-order valence-corrected chi connectivity index (χ4v) is 4.05. The lowest BCUT2D eigenvalue weighted by molar-refractivity contribution is 0.0120. The molecule has 0 bridgehead atoms. The monoisotopic (exact) mass is 497 g/mol. The van der Waals surface area contributed by atoms with E-state index in [2.05, 4.69) is 20.3 Å². The molecule has 0 aliphatic heterocycles. The van der Waals surface area contributed by atoms with Crippen molar-refractivity contribution in [3.8, 4) is 0 Å². The molecule has 2 aromatic carbocycles. The summed E-state index contributed by atoms with van der Waals surface area (Å²) >= 11 is 0. The molecule has 0 saturated carbocycles. The van der Waals surface area contributed by atoms with E-state index in [0.717, 1.165) is 30.9 Å². The van der Waals surface area contributed by atoms with Gasteiger partial charge in [0.05, 0.1) is 13.1 Å². The number of amides is 1.